The van der Waals surface area contributed by atoms with Crippen molar-refractivity contribution in [3.63, 3.8) is 0 Å². The number of benzene rings is 22. The molecule has 0 fully saturated rings. The molecular formula is C133H76N12O. The summed E-state index contributed by atoms with van der Waals surface area (Å²) in [4.78, 5) is 36.9. The monoisotopic (exact) mass is 1860 g/mol. The fourth-order valence-electron chi connectivity index (χ4n) is 24.6. The molecule has 0 spiro atoms. The van der Waals surface area contributed by atoms with E-state index in [-0.39, 0.29) is 0 Å². The topological polar surface area (TPSA) is 128 Å². The Morgan fingerprint density at radius 1 is 0.178 bits per heavy atom. The number of hydrogen-bond donors (Lipinski definition) is 0. The van der Waals surface area contributed by atoms with Gasteiger partial charge in [-0.2, -0.15) is 9.97 Å². The van der Waals surface area contributed by atoms with E-state index >= 15 is 0 Å². The van der Waals surface area contributed by atoms with Crippen LogP contribution in [0.4, 0.5) is 0 Å². The standard InChI is InChI=1S/C48H28N4.C43H24N4O.C42H24N4/c1-2-13-31(14-3-1)51-40-22-9-6-17-34(40)35-26-24-30(28-43(35)51)47-48(50-39-21-8-7-20-38(39)49-47)52-41-23-11-19-37-33-16-5-4-15-32(33)36-18-10-12-29-25-27-42(52)46(44(29)36)45(37)41;1-2-11-26(12-3-1)41-44-42(32-19-10-22-36-38(32)31-16-6-7-21-35(31)48-36)46-43(45-41)47-33-20-9-18-30-28-15-5-4-14-27(28)29-17-8-13-25-23-24-34(47)40(37(25)29)39(30)33;1-2-11-26(12-3-1)46-35-23-21-27(24-32(35)41-42(46)44-34-18-7-6-17-33(34)43-41)45-36-19-9-16-31-29-14-5-4-13-28(29)30-15-8-10-25-20-22-37(45)40(38(25)30)39(31)36/h1-28H;1-24H;1-24H. The minimum Gasteiger partial charge on any atom is -0.456 e. The third kappa shape index (κ3) is 11.5. The number of aromatic nitrogens is 12. The summed E-state index contributed by atoms with van der Waals surface area (Å²) in [6, 6.07) is 164. The van der Waals surface area contributed by atoms with Crippen LogP contribution in [-0.2, 0) is 0 Å². The van der Waals surface area contributed by atoms with Crippen LogP contribution in [0.15, 0.2) is 465 Å². The smallest absolute Gasteiger partial charge is 0.238 e. The molecule has 0 aliphatic heterocycles. The average Bonchev–Trinajstić information content (AvgIpc) is 1.54. The molecular weight excluding hydrogens is 1780 g/mol. The quantitative estimate of drug-likeness (QED) is 0.147. The molecule has 0 saturated carbocycles. The molecule has 0 atom stereocenters. The van der Waals surface area contributed by atoms with Gasteiger partial charge in [-0.05, 0) is 226 Å². The second kappa shape index (κ2) is 30.8. The summed E-state index contributed by atoms with van der Waals surface area (Å²) in [5.74, 6) is 2.61. The number of furan rings is 1. The molecule has 9 heterocycles. The van der Waals surface area contributed by atoms with E-state index in [0.29, 0.717) is 17.6 Å². The summed E-state index contributed by atoms with van der Waals surface area (Å²) >= 11 is 0. The van der Waals surface area contributed by atoms with Gasteiger partial charge in [0.1, 0.15) is 22.4 Å². The summed E-state index contributed by atoms with van der Waals surface area (Å²) in [6.07, 6.45) is 0. The van der Waals surface area contributed by atoms with Crippen LogP contribution in [0.1, 0.15) is 0 Å². The third-order valence-electron chi connectivity index (χ3n) is 30.7. The van der Waals surface area contributed by atoms with Crippen molar-refractivity contribution in [1.82, 2.24) is 57.7 Å². The highest BCUT2D eigenvalue weighted by Gasteiger charge is 2.33. The Morgan fingerprint density at radius 3 is 1.15 bits per heavy atom. The fourth-order valence-corrected chi connectivity index (χ4v) is 24.6. The minimum atomic E-state index is 0.575. The zero-order valence-corrected chi connectivity index (χ0v) is 78.2. The Bertz CT molecular complexity index is 11100. The van der Waals surface area contributed by atoms with Crippen molar-refractivity contribution in [2.45, 2.75) is 0 Å². The van der Waals surface area contributed by atoms with Crippen LogP contribution >= 0.6 is 0 Å². The van der Waals surface area contributed by atoms with Gasteiger partial charge in [0, 0.05) is 93.0 Å². The fraction of sp³-hybridized carbons (Fsp3) is 0. The van der Waals surface area contributed by atoms with E-state index < -0.39 is 0 Å². The van der Waals surface area contributed by atoms with Gasteiger partial charge in [-0.25, -0.2) is 24.9 Å². The van der Waals surface area contributed by atoms with E-state index in [9.17, 15) is 0 Å². The van der Waals surface area contributed by atoms with Gasteiger partial charge >= 0.3 is 0 Å². The van der Waals surface area contributed by atoms with Crippen molar-refractivity contribution in [3.8, 4) is 130 Å². The van der Waals surface area contributed by atoms with Crippen molar-refractivity contribution >= 4 is 186 Å². The van der Waals surface area contributed by atoms with Crippen LogP contribution in [0.25, 0.3) is 315 Å². The van der Waals surface area contributed by atoms with Gasteiger partial charge in [0.05, 0.1) is 71.7 Å². The lowest BCUT2D eigenvalue weighted by atomic mass is 9.93. The normalized spacial score (nSPS) is 12.2. The van der Waals surface area contributed by atoms with Gasteiger partial charge in [0.15, 0.2) is 23.1 Å². The molecule has 0 saturated heterocycles. The predicted molar refractivity (Wildman–Crippen MR) is 600 cm³/mol. The summed E-state index contributed by atoms with van der Waals surface area (Å²) in [5.41, 5.74) is 39.2. The number of fused-ring (bicyclic) bond motifs is 20. The molecule has 31 aromatic rings. The molecule has 3 aliphatic carbocycles. The predicted octanol–water partition coefficient (Wildman–Crippen LogP) is 33.9. The summed E-state index contributed by atoms with van der Waals surface area (Å²) in [5, 5.41) is 20.7. The Labute approximate surface area is 832 Å². The molecule has 0 N–H and O–H groups in total. The molecule has 146 heavy (non-hydrogen) atoms. The Hall–Kier alpha value is -19.9. The zero-order valence-electron chi connectivity index (χ0n) is 78.2. The maximum Gasteiger partial charge on any atom is 0.238 e. The van der Waals surface area contributed by atoms with E-state index in [1.165, 1.54) is 159 Å². The first-order chi connectivity index (χ1) is 72.5. The SMILES string of the molecule is c1ccc(-c2nc(-c3cccc4oc5ccccc5c34)nc(-n3c4cccc5c4c4c6c(cccc6ccc43)-c3ccccc3-5)n2)cc1.c1ccc(-n2c3ccc(-n4c5cccc6c5c5c7c(cccc7ccc54)-c4ccccc4-6)cc3c3nc4ccccc4nc32)cc1.c1ccc(-n2c3ccccc3c3ccc(-c4nc5ccccc5nc4-n4c5cccc6c5c5c7c(cccc7ccc54)-c4ccccc4-6)cc32)cc1. The van der Waals surface area contributed by atoms with E-state index in [1.54, 1.807) is 0 Å². The molecule has 3 aliphatic rings. The van der Waals surface area contributed by atoms with Crippen LogP contribution in [0.2, 0.25) is 0 Å². The lowest BCUT2D eigenvalue weighted by molar-refractivity contribution is 0.669. The molecule has 13 nitrogen and oxygen atoms in total. The van der Waals surface area contributed by atoms with Crippen molar-refractivity contribution < 1.29 is 4.42 Å². The summed E-state index contributed by atoms with van der Waals surface area (Å²) < 4.78 is 17.9. The highest BCUT2D eigenvalue weighted by atomic mass is 16.3. The maximum atomic E-state index is 6.27. The Balaban J connectivity index is 0.0000000977. The molecule has 13 heteroatoms. The number of para-hydroxylation sites is 8. The van der Waals surface area contributed by atoms with E-state index in [1.807, 2.05) is 84.9 Å². The van der Waals surface area contributed by atoms with E-state index in [4.69, 9.17) is 39.3 Å². The van der Waals surface area contributed by atoms with Gasteiger partial charge in [-0.1, -0.05) is 334 Å². The molecule has 0 unspecified atom stereocenters. The van der Waals surface area contributed by atoms with Crippen molar-refractivity contribution in [2.75, 3.05) is 0 Å². The van der Waals surface area contributed by atoms with Gasteiger partial charge in [-0.3, -0.25) is 13.7 Å². The van der Waals surface area contributed by atoms with E-state index in [2.05, 4.69) is 399 Å². The van der Waals surface area contributed by atoms with Crippen LogP contribution in [-0.4, -0.2) is 57.7 Å². The van der Waals surface area contributed by atoms with Crippen molar-refractivity contribution in [3.05, 3.63) is 461 Å². The van der Waals surface area contributed by atoms with Crippen LogP contribution in [0, 0.1) is 0 Å². The first-order valence-corrected chi connectivity index (χ1v) is 49.6. The average molecular weight is 1860 g/mol. The second-order valence-corrected chi connectivity index (χ2v) is 38.3. The Morgan fingerprint density at radius 2 is 0.568 bits per heavy atom. The van der Waals surface area contributed by atoms with Crippen LogP contribution in [0.5, 0.6) is 0 Å². The van der Waals surface area contributed by atoms with Crippen LogP contribution < -0.4 is 0 Å². The number of rotatable bonds is 8. The van der Waals surface area contributed by atoms with Crippen molar-refractivity contribution in [1.29, 1.82) is 0 Å². The molecule has 22 aromatic carbocycles. The maximum absolute atomic E-state index is 6.27. The summed E-state index contributed by atoms with van der Waals surface area (Å²) in [6.45, 7) is 0. The molecule has 0 amide bonds. The highest BCUT2D eigenvalue weighted by molar-refractivity contribution is 6.34. The van der Waals surface area contributed by atoms with Gasteiger partial charge in [0.25, 0.3) is 0 Å². The second-order valence-electron chi connectivity index (χ2n) is 38.3. The van der Waals surface area contributed by atoms with Gasteiger partial charge in [-0.15, -0.1) is 0 Å². The molecule has 9 aromatic heterocycles. The van der Waals surface area contributed by atoms with Crippen molar-refractivity contribution in [2.24, 2.45) is 0 Å². The zero-order chi connectivity index (χ0) is 95.2. The first-order valence-electron chi connectivity index (χ1n) is 49.6. The number of hydrogen-bond acceptors (Lipinski definition) is 8. The molecule has 674 valence electrons. The van der Waals surface area contributed by atoms with E-state index in [0.717, 1.165) is 139 Å². The van der Waals surface area contributed by atoms with Crippen LogP contribution in [0.3, 0.4) is 0 Å². The van der Waals surface area contributed by atoms with Gasteiger partial charge < -0.3 is 13.6 Å². The Kier molecular flexibility index (Phi) is 16.9. The molecule has 0 bridgehead atoms. The minimum absolute atomic E-state index is 0.575. The largest absolute Gasteiger partial charge is 0.456 e. The lowest BCUT2D eigenvalue weighted by Gasteiger charge is -2.16. The number of nitrogens with zero attached hydrogens (tertiary/aromatic N) is 12. The lowest BCUT2D eigenvalue weighted by Crippen LogP contribution is -2.06. The molecule has 0 radical (unpaired) electrons. The summed E-state index contributed by atoms with van der Waals surface area (Å²) in [7, 11) is 0. The third-order valence-corrected chi connectivity index (χ3v) is 30.7. The van der Waals surface area contributed by atoms with Gasteiger partial charge in [0.2, 0.25) is 5.95 Å². The molecule has 34 rings (SSSR count). The first kappa shape index (κ1) is 80.0. The highest BCUT2D eigenvalue weighted by Crippen LogP contribution is 2.56.